The summed E-state index contributed by atoms with van der Waals surface area (Å²) in [5.74, 6) is 1.87. The lowest BCUT2D eigenvalue weighted by Gasteiger charge is -2.35. The Balaban J connectivity index is 1.56. The Morgan fingerprint density at radius 3 is 2.48 bits per heavy atom. The number of furan rings is 1. The van der Waals surface area contributed by atoms with Crippen LogP contribution in [-0.2, 0) is 16.0 Å². The molecule has 2 aromatic rings. The Hall–Kier alpha value is -2.07. The molecule has 1 aliphatic heterocycles. The quantitative estimate of drug-likeness (QED) is 0.867. The Kier molecular flexibility index (Phi) is 4.82. The zero-order chi connectivity index (χ0) is 16.2. The summed E-state index contributed by atoms with van der Waals surface area (Å²) in [4.78, 5) is 14.3. The predicted octanol–water partition coefficient (Wildman–Crippen LogP) is 3.52. The van der Waals surface area contributed by atoms with E-state index in [1.54, 1.807) is 0 Å². The molecule has 1 aromatic carbocycles. The molecule has 0 N–H and O–H groups in total. The fourth-order valence-corrected chi connectivity index (χ4v) is 3.04. The summed E-state index contributed by atoms with van der Waals surface area (Å²) in [7, 11) is 0. The van der Waals surface area contributed by atoms with Crippen LogP contribution < -0.4 is 0 Å². The van der Waals surface area contributed by atoms with E-state index in [2.05, 4.69) is 0 Å². The monoisotopic (exact) mass is 313 g/mol. The van der Waals surface area contributed by atoms with Gasteiger partial charge < -0.3 is 14.1 Å². The highest BCUT2D eigenvalue weighted by atomic mass is 16.5. The van der Waals surface area contributed by atoms with Crippen LogP contribution in [-0.4, -0.2) is 36.1 Å². The number of carbonyl (C=O) groups excluding carboxylic acids is 1. The summed E-state index contributed by atoms with van der Waals surface area (Å²) in [6.07, 6.45) is 1.32. The number of ether oxygens (including phenoxy) is 1. The molecule has 122 valence electrons. The van der Waals surface area contributed by atoms with E-state index in [1.807, 2.05) is 61.2 Å². The summed E-state index contributed by atoms with van der Waals surface area (Å²) >= 11 is 0. The normalized spacial score (nSPS) is 21.4. The Bertz CT molecular complexity index is 640. The Morgan fingerprint density at radius 2 is 1.78 bits per heavy atom. The van der Waals surface area contributed by atoms with Gasteiger partial charge in [-0.25, -0.2) is 0 Å². The molecule has 0 spiro atoms. The minimum absolute atomic E-state index is 0.107. The van der Waals surface area contributed by atoms with Gasteiger partial charge in [0, 0.05) is 31.5 Å². The van der Waals surface area contributed by atoms with E-state index in [0.717, 1.165) is 17.1 Å². The van der Waals surface area contributed by atoms with Crippen molar-refractivity contribution in [1.82, 2.24) is 4.90 Å². The SMILES string of the molecule is CC1CN(C(=O)CCc2ccc(-c3ccccc3)o2)CC(C)O1. The standard InChI is InChI=1S/C19H23NO3/c1-14-12-20(13-15(2)22-14)19(21)11-9-17-8-10-18(23-17)16-6-4-3-5-7-16/h3-8,10,14-15H,9,11-13H2,1-2H3. The van der Waals surface area contributed by atoms with Crippen molar-refractivity contribution in [3.05, 3.63) is 48.2 Å². The summed E-state index contributed by atoms with van der Waals surface area (Å²) in [5, 5.41) is 0. The summed E-state index contributed by atoms with van der Waals surface area (Å²) in [5.41, 5.74) is 1.06. The molecule has 0 aliphatic carbocycles. The highest BCUT2D eigenvalue weighted by Crippen LogP contribution is 2.22. The van der Waals surface area contributed by atoms with Gasteiger partial charge in [0.05, 0.1) is 12.2 Å². The fourth-order valence-electron chi connectivity index (χ4n) is 3.04. The number of benzene rings is 1. The second kappa shape index (κ2) is 7.01. The number of aryl methyl sites for hydroxylation is 1. The molecule has 1 saturated heterocycles. The highest BCUT2D eigenvalue weighted by molar-refractivity contribution is 5.76. The minimum atomic E-state index is 0.107. The third-order valence-corrected chi connectivity index (χ3v) is 4.08. The lowest BCUT2D eigenvalue weighted by molar-refractivity contribution is -0.143. The van der Waals surface area contributed by atoms with Gasteiger partial charge in [0.25, 0.3) is 0 Å². The fraction of sp³-hybridized carbons (Fsp3) is 0.421. The van der Waals surface area contributed by atoms with Gasteiger partial charge in [-0.05, 0) is 26.0 Å². The molecule has 1 fully saturated rings. The molecule has 2 heterocycles. The number of nitrogens with zero attached hydrogens (tertiary/aromatic N) is 1. The van der Waals surface area contributed by atoms with Crippen LogP contribution in [0.4, 0.5) is 0 Å². The molecule has 0 radical (unpaired) electrons. The molecule has 4 heteroatoms. The highest BCUT2D eigenvalue weighted by Gasteiger charge is 2.25. The van der Waals surface area contributed by atoms with Crippen molar-refractivity contribution in [2.24, 2.45) is 0 Å². The molecular weight excluding hydrogens is 290 g/mol. The van der Waals surface area contributed by atoms with Gasteiger partial charge in [0.1, 0.15) is 11.5 Å². The summed E-state index contributed by atoms with van der Waals surface area (Å²) < 4.78 is 11.5. The molecule has 23 heavy (non-hydrogen) atoms. The topological polar surface area (TPSA) is 42.7 Å². The van der Waals surface area contributed by atoms with E-state index in [4.69, 9.17) is 9.15 Å². The lowest BCUT2D eigenvalue weighted by Crippen LogP contribution is -2.48. The zero-order valence-corrected chi connectivity index (χ0v) is 13.7. The molecule has 1 aromatic heterocycles. The Morgan fingerprint density at radius 1 is 1.09 bits per heavy atom. The van der Waals surface area contributed by atoms with Crippen LogP contribution in [0.15, 0.2) is 46.9 Å². The average Bonchev–Trinajstić information content (AvgIpc) is 3.01. The molecule has 3 rings (SSSR count). The number of morpholine rings is 1. The molecule has 0 saturated carbocycles. The zero-order valence-electron chi connectivity index (χ0n) is 13.7. The van der Waals surface area contributed by atoms with E-state index in [0.29, 0.717) is 25.9 Å². The van der Waals surface area contributed by atoms with Gasteiger partial charge >= 0.3 is 0 Å². The number of hydrogen-bond donors (Lipinski definition) is 0. The predicted molar refractivity (Wildman–Crippen MR) is 89.1 cm³/mol. The van der Waals surface area contributed by atoms with Crippen LogP contribution in [0.2, 0.25) is 0 Å². The number of amides is 1. The van der Waals surface area contributed by atoms with Crippen LogP contribution in [0.1, 0.15) is 26.0 Å². The molecule has 2 atom stereocenters. The third kappa shape index (κ3) is 4.02. The maximum absolute atomic E-state index is 12.4. The molecular formula is C19H23NO3. The van der Waals surface area contributed by atoms with Gasteiger partial charge in [-0.3, -0.25) is 4.79 Å². The van der Waals surface area contributed by atoms with Crippen molar-refractivity contribution in [1.29, 1.82) is 0 Å². The summed E-state index contributed by atoms with van der Waals surface area (Å²) in [6.45, 7) is 5.37. The van der Waals surface area contributed by atoms with Crippen molar-refractivity contribution >= 4 is 5.91 Å². The van der Waals surface area contributed by atoms with Gasteiger partial charge in [-0.2, -0.15) is 0 Å². The molecule has 1 aliphatic rings. The van der Waals surface area contributed by atoms with E-state index < -0.39 is 0 Å². The second-order valence-corrected chi connectivity index (χ2v) is 6.19. The minimum Gasteiger partial charge on any atom is -0.461 e. The van der Waals surface area contributed by atoms with Crippen LogP contribution in [0.3, 0.4) is 0 Å². The molecule has 1 amide bonds. The van der Waals surface area contributed by atoms with Crippen LogP contribution in [0.5, 0.6) is 0 Å². The lowest BCUT2D eigenvalue weighted by atomic mass is 10.2. The van der Waals surface area contributed by atoms with Gasteiger partial charge in [-0.15, -0.1) is 0 Å². The maximum Gasteiger partial charge on any atom is 0.223 e. The van der Waals surface area contributed by atoms with Crippen LogP contribution in [0, 0.1) is 0 Å². The second-order valence-electron chi connectivity index (χ2n) is 6.19. The van der Waals surface area contributed by atoms with Crippen molar-refractivity contribution < 1.29 is 13.9 Å². The molecule has 2 unspecified atom stereocenters. The first-order valence-corrected chi connectivity index (χ1v) is 8.19. The first kappa shape index (κ1) is 15.8. The van der Waals surface area contributed by atoms with E-state index in [9.17, 15) is 4.79 Å². The maximum atomic E-state index is 12.4. The smallest absolute Gasteiger partial charge is 0.223 e. The number of rotatable bonds is 4. The largest absolute Gasteiger partial charge is 0.461 e. The van der Waals surface area contributed by atoms with Gasteiger partial charge in [-0.1, -0.05) is 30.3 Å². The third-order valence-electron chi connectivity index (χ3n) is 4.08. The van der Waals surface area contributed by atoms with Crippen molar-refractivity contribution in [2.75, 3.05) is 13.1 Å². The van der Waals surface area contributed by atoms with E-state index >= 15 is 0 Å². The van der Waals surface area contributed by atoms with E-state index in [-0.39, 0.29) is 18.1 Å². The van der Waals surface area contributed by atoms with Crippen LogP contribution in [0.25, 0.3) is 11.3 Å². The van der Waals surface area contributed by atoms with Crippen molar-refractivity contribution in [3.8, 4) is 11.3 Å². The molecule has 4 nitrogen and oxygen atoms in total. The first-order valence-electron chi connectivity index (χ1n) is 8.19. The number of carbonyl (C=O) groups is 1. The van der Waals surface area contributed by atoms with Gasteiger partial charge in [0.15, 0.2) is 0 Å². The van der Waals surface area contributed by atoms with Crippen molar-refractivity contribution in [2.45, 2.75) is 38.9 Å². The summed E-state index contributed by atoms with van der Waals surface area (Å²) in [6, 6.07) is 13.9. The number of hydrogen-bond acceptors (Lipinski definition) is 3. The van der Waals surface area contributed by atoms with Crippen LogP contribution >= 0.6 is 0 Å². The average molecular weight is 313 g/mol. The van der Waals surface area contributed by atoms with Crippen molar-refractivity contribution in [3.63, 3.8) is 0 Å². The molecule has 0 bridgehead atoms. The van der Waals surface area contributed by atoms with E-state index in [1.165, 1.54) is 0 Å². The van der Waals surface area contributed by atoms with Gasteiger partial charge in [0.2, 0.25) is 5.91 Å². The Labute approximate surface area is 137 Å². The first-order chi connectivity index (χ1) is 11.1.